The zero-order valence-electron chi connectivity index (χ0n) is 15.9. The lowest BCUT2D eigenvalue weighted by molar-refractivity contribution is 0.259. The molecule has 142 valence electrons. The van der Waals surface area contributed by atoms with Crippen LogP contribution in [0.2, 0.25) is 0 Å². The highest BCUT2D eigenvalue weighted by atomic mass is 32.2. The van der Waals surface area contributed by atoms with E-state index in [9.17, 15) is 0 Å². The molecule has 3 aromatic rings. The summed E-state index contributed by atoms with van der Waals surface area (Å²) in [5, 5.41) is 2.58. The molecule has 0 spiro atoms. The second-order valence-electron chi connectivity index (χ2n) is 6.95. The molecule has 2 heterocycles. The number of hydrogen-bond donors (Lipinski definition) is 1. The second-order valence-corrected chi connectivity index (χ2v) is 8.09. The minimum atomic E-state index is 0.921. The lowest BCUT2D eigenvalue weighted by Gasteiger charge is -2.36. The number of anilines is 1. The van der Waals surface area contributed by atoms with Crippen LogP contribution in [-0.2, 0) is 0 Å². The summed E-state index contributed by atoms with van der Waals surface area (Å²) in [6.45, 7) is 5.67. The Bertz CT molecular complexity index is 820. The monoisotopic (exact) mass is 381 g/mol. The molecule has 4 nitrogen and oxygen atoms in total. The molecule has 2 aromatic carbocycles. The highest BCUT2D eigenvalue weighted by Crippen LogP contribution is 2.24. The van der Waals surface area contributed by atoms with Crippen molar-refractivity contribution in [1.82, 2.24) is 9.88 Å². The lowest BCUT2D eigenvalue weighted by Crippen LogP contribution is -2.46. The molecular weight excluding hydrogens is 354 g/mol. The van der Waals surface area contributed by atoms with Crippen molar-refractivity contribution in [3.63, 3.8) is 0 Å². The van der Waals surface area contributed by atoms with Gasteiger partial charge in [-0.1, -0.05) is 18.2 Å². The molecule has 1 saturated heterocycles. The average Bonchev–Trinajstić information content (AvgIpc) is 3.15. The van der Waals surface area contributed by atoms with Gasteiger partial charge in [0.1, 0.15) is 5.75 Å². The van der Waals surface area contributed by atoms with E-state index in [0.29, 0.717) is 0 Å². The maximum absolute atomic E-state index is 5.25. The van der Waals surface area contributed by atoms with Crippen molar-refractivity contribution in [2.24, 2.45) is 0 Å². The van der Waals surface area contributed by atoms with Crippen LogP contribution in [0.3, 0.4) is 0 Å². The van der Waals surface area contributed by atoms with Gasteiger partial charge in [-0.25, -0.2) is 0 Å². The number of fused-ring (bicyclic) bond motifs is 1. The van der Waals surface area contributed by atoms with E-state index in [4.69, 9.17) is 4.74 Å². The third-order valence-corrected chi connectivity index (χ3v) is 6.22. The SMILES string of the molecule is COc1ccc(N2CCN(CCCSc3cc4ccccc4[nH]3)CC2)cc1. The molecule has 1 fully saturated rings. The zero-order chi connectivity index (χ0) is 18.5. The Balaban J connectivity index is 1.18. The number of nitrogens with zero attached hydrogens (tertiary/aromatic N) is 2. The number of H-pyrrole nitrogens is 1. The first kappa shape index (κ1) is 18.3. The molecule has 0 amide bonds. The smallest absolute Gasteiger partial charge is 0.119 e. The second kappa shape index (κ2) is 8.72. The number of ether oxygens (including phenoxy) is 1. The Morgan fingerprint density at radius 2 is 1.78 bits per heavy atom. The fourth-order valence-electron chi connectivity index (χ4n) is 3.62. The van der Waals surface area contributed by atoms with Crippen LogP contribution in [0.1, 0.15) is 6.42 Å². The van der Waals surface area contributed by atoms with Gasteiger partial charge in [0.05, 0.1) is 12.1 Å². The third-order valence-electron chi connectivity index (χ3n) is 5.19. The minimum Gasteiger partial charge on any atom is -0.497 e. The molecule has 1 aliphatic rings. The third kappa shape index (κ3) is 4.60. The van der Waals surface area contributed by atoms with Crippen LogP contribution in [0.25, 0.3) is 10.9 Å². The first-order valence-corrected chi connectivity index (χ1v) is 10.6. The Morgan fingerprint density at radius 1 is 1.00 bits per heavy atom. The van der Waals surface area contributed by atoms with Crippen molar-refractivity contribution >= 4 is 28.4 Å². The molecule has 0 atom stereocenters. The molecule has 5 heteroatoms. The first-order valence-electron chi connectivity index (χ1n) is 9.64. The molecule has 0 radical (unpaired) electrons. The van der Waals surface area contributed by atoms with Crippen LogP contribution < -0.4 is 9.64 Å². The standard InChI is InChI=1S/C22H27N3OS/c1-26-20-9-7-19(8-10-20)25-14-12-24(13-15-25)11-4-16-27-22-17-18-5-2-3-6-21(18)23-22/h2-3,5-10,17,23H,4,11-16H2,1H3. The van der Waals surface area contributed by atoms with Gasteiger partial charge in [-0.2, -0.15) is 0 Å². The normalized spacial score (nSPS) is 15.4. The number of para-hydroxylation sites is 1. The van der Waals surface area contributed by atoms with Crippen molar-refractivity contribution in [1.29, 1.82) is 0 Å². The maximum Gasteiger partial charge on any atom is 0.119 e. The van der Waals surface area contributed by atoms with E-state index < -0.39 is 0 Å². The number of benzene rings is 2. The number of hydrogen-bond acceptors (Lipinski definition) is 4. The Morgan fingerprint density at radius 3 is 2.52 bits per heavy atom. The molecule has 0 bridgehead atoms. The van der Waals surface area contributed by atoms with Gasteiger partial charge in [0, 0.05) is 48.5 Å². The summed E-state index contributed by atoms with van der Waals surface area (Å²) in [6, 6.07) is 19.1. The van der Waals surface area contributed by atoms with Crippen molar-refractivity contribution in [3.05, 3.63) is 54.6 Å². The summed E-state index contributed by atoms with van der Waals surface area (Å²) in [5.41, 5.74) is 2.53. The van der Waals surface area contributed by atoms with Gasteiger partial charge in [-0.15, -0.1) is 11.8 Å². The van der Waals surface area contributed by atoms with E-state index in [1.165, 1.54) is 34.6 Å². The number of methoxy groups -OCH3 is 1. The Hall–Kier alpha value is -2.11. The van der Waals surface area contributed by atoms with Gasteiger partial charge in [0.15, 0.2) is 0 Å². The fraction of sp³-hybridized carbons (Fsp3) is 0.364. The van der Waals surface area contributed by atoms with Gasteiger partial charge >= 0.3 is 0 Å². The molecule has 4 rings (SSSR count). The van der Waals surface area contributed by atoms with Crippen LogP contribution in [0.4, 0.5) is 5.69 Å². The van der Waals surface area contributed by atoms with E-state index in [-0.39, 0.29) is 0 Å². The number of piperazine rings is 1. The zero-order valence-corrected chi connectivity index (χ0v) is 16.7. The van der Waals surface area contributed by atoms with Gasteiger partial charge in [0.25, 0.3) is 0 Å². The average molecular weight is 382 g/mol. The molecular formula is C22H27N3OS. The van der Waals surface area contributed by atoms with E-state index >= 15 is 0 Å². The largest absolute Gasteiger partial charge is 0.497 e. The van der Waals surface area contributed by atoms with Crippen LogP contribution in [0, 0.1) is 0 Å². The van der Waals surface area contributed by atoms with Gasteiger partial charge in [-0.05, 0) is 49.4 Å². The van der Waals surface area contributed by atoms with E-state index in [1.54, 1.807) is 7.11 Å². The number of aromatic amines is 1. The van der Waals surface area contributed by atoms with Crippen molar-refractivity contribution < 1.29 is 4.74 Å². The lowest BCUT2D eigenvalue weighted by atomic mass is 10.2. The van der Waals surface area contributed by atoms with Crippen molar-refractivity contribution in [3.8, 4) is 5.75 Å². The molecule has 0 unspecified atom stereocenters. The van der Waals surface area contributed by atoms with Crippen molar-refractivity contribution in [2.45, 2.75) is 11.4 Å². The minimum absolute atomic E-state index is 0.921. The molecule has 1 aliphatic heterocycles. The first-order chi connectivity index (χ1) is 13.3. The highest BCUT2D eigenvalue weighted by molar-refractivity contribution is 7.99. The highest BCUT2D eigenvalue weighted by Gasteiger charge is 2.16. The van der Waals surface area contributed by atoms with Gasteiger partial charge < -0.3 is 14.6 Å². The summed E-state index contributed by atoms with van der Waals surface area (Å²) in [4.78, 5) is 8.56. The molecule has 0 aliphatic carbocycles. The van der Waals surface area contributed by atoms with Crippen molar-refractivity contribution in [2.75, 3.05) is 50.5 Å². The van der Waals surface area contributed by atoms with Crippen LogP contribution in [0.5, 0.6) is 5.75 Å². The van der Waals surface area contributed by atoms with Gasteiger partial charge in [0.2, 0.25) is 0 Å². The number of nitrogens with one attached hydrogen (secondary N) is 1. The molecule has 27 heavy (non-hydrogen) atoms. The van der Waals surface area contributed by atoms with Gasteiger partial charge in [-0.3, -0.25) is 4.90 Å². The molecule has 1 aromatic heterocycles. The summed E-state index contributed by atoms with van der Waals surface area (Å²) in [6.07, 6.45) is 1.22. The summed E-state index contributed by atoms with van der Waals surface area (Å²) in [7, 11) is 1.71. The van der Waals surface area contributed by atoms with E-state index in [2.05, 4.69) is 57.2 Å². The quantitative estimate of drug-likeness (QED) is 0.483. The topological polar surface area (TPSA) is 31.5 Å². The van der Waals surface area contributed by atoms with Crippen LogP contribution >= 0.6 is 11.8 Å². The predicted octanol–water partition coefficient (Wildman–Crippen LogP) is 4.48. The summed E-state index contributed by atoms with van der Waals surface area (Å²) >= 11 is 1.93. The molecule has 0 saturated carbocycles. The number of rotatable bonds is 7. The summed E-state index contributed by atoms with van der Waals surface area (Å²) in [5.74, 6) is 2.08. The maximum atomic E-state index is 5.25. The van der Waals surface area contributed by atoms with E-state index in [0.717, 1.165) is 37.7 Å². The van der Waals surface area contributed by atoms with Crippen LogP contribution in [-0.4, -0.2) is 55.5 Å². The van der Waals surface area contributed by atoms with E-state index in [1.807, 2.05) is 23.9 Å². The van der Waals surface area contributed by atoms with Crippen LogP contribution in [0.15, 0.2) is 59.6 Å². The fourth-order valence-corrected chi connectivity index (χ4v) is 4.50. The Kier molecular flexibility index (Phi) is 5.90. The molecule has 1 N–H and O–H groups in total. The predicted molar refractivity (Wildman–Crippen MR) is 115 cm³/mol. The Labute approximate surface area is 165 Å². The number of thioether (sulfide) groups is 1. The summed E-state index contributed by atoms with van der Waals surface area (Å²) < 4.78 is 5.25. The number of aromatic nitrogens is 1.